The van der Waals surface area contributed by atoms with E-state index in [1.165, 1.54) is 0 Å². The van der Waals surface area contributed by atoms with Crippen LogP contribution in [0, 0.1) is 0 Å². The molecular weight excluding hydrogens is 358 g/mol. The first-order valence-electron chi connectivity index (χ1n) is 8.97. The third-order valence-corrected chi connectivity index (χ3v) is 4.09. The second-order valence-corrected chi connectivity index (χ2v) is 6.26. The summed E-state index contributed by atoms with van der Waals surface area (Å²) in [7, 11) is 1.58. The summed E-state index contributed by atoms with van der Waals surface area (Å²) in [5.74, 6) is -0.434. The molecule has 0 atom stereocenters. The van der Waals surface area contributed by atoms with Crippen molar-refractivity contribution in [2.45, 2.75) is 6.61 Å². The molecule has 0 bridgehead atoms. The quantitative estimate of drug-likeness (QED) is 0.497. The molecule has 0 saturated heterocycles. The van der Waals surface area contributed by atoms with Gasteiger partial charge in [-0.3, -0.25) is 9.59 Å². The lowest BCUT2D eigenvalue weighted by Gasteiger charge is -2.06. The van der Waals surface area contributed by atoms with E-state index in [1.54, 1.807) is 19.2 Å². The van der Waals surface area contributed by atoms with Crippen molar-refractivity contribution >= 4 is 28.4 Å². The van der Waals surface area contributed by atoms with Crippen LogP contribution < -0.4 is 10.6 Å². The molecule has 0 fully saturated rings. The van der Waals surface area contributed by atoms with E-state index < -0.39 is 0 Å². The lowest BCUT2D eigenvalue weighted by Crippen LogP contribution is -2.27. The first-order valence-corrected chi connectivity index (χ1v) is 8.97. The standard InChI is InChI=1S/C21H23N3O4/c1-27-10-9-22-21(26)19-12-16-11-17(7-8-18(16)24-19)23-20(25)14-28-13-15-5-3-2-4-6-15/h2-8,11-12,24H,9-10,13-14H2,1H3,(H,22,26)(H,23,25). The van der Waals surface area contributed by atoms with E-state index in [0.29, 0.717) is 31.1 Å². The molecule has 1 aromatic heterocycles. The first-order chi connectivity index (χ1) is 13.7. The molecule has 0 radical (unpaired) electrons. The van der Waals surface area contributed by atoms with Gasteiger partial charge >= 0.3 is 0 Å². The minimum absolute atomic E-state index is 0.0345. The number of aromatic nitrogens is 1. The molecule has 0 aliphatic rings. The Morgan fingerprint density at radius 2 is 1.89 bits per heavy atom. The number of hydrogen-bond acceptors (Lipinski definition) is 4. The summed E-state index contributed by atoms with van der Waals surface area (Å²) in [4.78, 5) is 27.2. The molecule has 28 heavy (non-hydrogen) atoms. The van der Waals surface area contributed by atoms with Gasteiger partial charge in [-0.05, 0) is 29.8 Å². The molecule has 0 spiro atoms. The molecule has 7 heteroatoms. The van der Waals surface area contributed by atoms with E-state index in [2.05, 4.69) is 15.6 Å². The van der Waals surface area contributed by atoms with Crippen molar-refractivity contribution < 1.29 is 19.1 Å². The average Bonchev–Trinajstić information content (AvgIpc) is 3.12. The molecule has 1 heterocycles. The summed E-state index contributed by atoms with van der Waals surface area (Å²) < 4.78 is 10.4. The fourth-order valence-electron chi connectivity index (χ4n) is 2.73. The van der Waals surface area contributed by atoms with E-state index in [-0.39, 0.29) is 18.4 Å². The van der Waals surface area contributed by atoms with E-state index in [4.69, 9.17) is 9.47 Å². The first kappa shape index (κ1) is 19.6. The van der Waals surface area contributed by atoms with Crippen LogP contribution in [0.3, 0.4) is 0 Å². The Kier molecular flexibility index (Phi) is 6.78. The molecule has 0 aliphatic heterocycles. The van der Waals surface area contributed by atoms with Crippen molar-refractivity contribution in [3.8, 4) is 0 Å². The van der Waals surface area contributed by atoms with Crippen LogP contribution in [0.2, 0.25) is 0 Å². The Hall–Kier alpha value is -3.16. The molecule has 2 amide bonds. The number of anilines is 1. The van der Waals surface area contributed by atoms with E-state index in [0.717, 1.165) is 16.5 Å². The molecule has 0 unspecified atom stereocenters. The number of H-pyrrole nitrogens is 1. The zero-order valence-corrected chi connectivity index (χ0v) is 15.7. The summed E-state index contributed by atoms with van der Waals surface area (Å²) in [6.45, 7) is 1.24. The summed E-state index contributed by atoms with van der Waals surface area (Å²) in [6.07, 6.45) is 0. The maximum Gasteiger partial charge on any atom is 0.267 e. The van der Waals surface area contributed by atoms with Crippen LogP contribution in [0.4, 0.5) is 5.69 Å². The predicted octanol–water partition coefficient (Wildman–Crippen LogP) is 2.70. The van der Waals surface area contributed by atoms with Gasteiger partial charge in [0, 0.05) is 30.2 Å². The highest BCUT2D eigenvalue weighted by Crippen LogP contribution is 2.20. The highest BCUT2D eigenvalue weighted by molar-refractivity contribution is 6.00. The van der Waals surface area contributed by atoms with Gasteiger partial charge in [0.2, 0.25) is 5.91 Å². The molecule has 0 saturated carbocycles. The molecule has 3 N–H and O–H groups in total. The Morgan fingerprint density at radius 3 is 2.68 bits per heavy atom. The van der Waals surface area contributed by atoms with Crippen LogP contribution in [0.25, 0.3) is 10.9 Å². The number of amides is 2. The topological polar surface area (TPSA) is 92.5 Å². The van der Waals surface area contributed by atoms with Crippen molar-refractivity contribution in [1.29, 1.82) is 0 Å². The zero-order chi connectivity index (χ0) is 19.8. The lowest BCUT2D eigenvalue weighted by molar-refractivity contribution is -0.121. The summed E-state index contributed by atoms with van der Waals surface area (Å²) in [5.41, 5.74) is 2.93. The number of nitrogens with one attached hydrogen (secondary N) is 3. The van der Waals surface area contributed by atoms with Gasteiger partial charge in [0.05, 0.1) is 13.2 Å². The second-order valence-electron chi connectivity index (χ2n) is 6.26. The number of carbonyl (C=O) groups is 2. The molecular formula is C21H23N3O4. The predicted molar refractivity (Wildman–Crippen MR) is 107 cm³/mol. The van der Waals surface area contributed by atoms with Crippen LogP contribution in [-0.4, -0.2) is 43.7 Å². The monoisotopic (exact) mass is 381 g/mol. The highest BCUT2D eigenvalue weighted by atomic mass is 16.5. The average molecular weight is 381 g/mol. The van der Waals surface area contributed by atoms with Crippen LogP contribution in [0.5, 0.6) is 0 Å². The number of carbonyl (C=O) groups excluding carboxylic acids is 2. The molecule has 146 valence electrons. The molecule has 0 aliphatic carbocycles. The van der Waals surface area contributed by atoms with Crippen molar-refractivity contribution in [3.05, 3.63) is 65.9 Å². The van der Waals surface area contributed by atoms with Crippen molar-refractivity contribution in [2.75, 3.05) is 32.2 Å². The summed E-state index contributed by atoms with van der Waals surface area (Å²) in [5, 5.41) is 6.40. The van der Waals surface area contributed by atoms with E-state index in [1.807, 2.05) is 42.5 Å². The number of hydrogen-bond donors (Lipinski definition) is 3. The van der Waals surface area contributed by atoms with Crippen LogP contribution in [-0.2, 0) is 20.9 Å². The third-order valence-electron chi connectivity index (χ3n) is 4.09. The second kappa shape index (κ2) is 9.68. The van der Waals surface area contributed by atoms with E-state index >= 15 is 0 Å². The van der Waals surface area contributed by atoms with Crippen molar-refractivity contribution in [1.82, 2.24) is 10.3 Å². The van der Waals surface area contributed by atoms with Crippen LogP contribution in [0.15, 0.2) is 54.6 Å². The fourth-order valence-corrected chi connectivity index (χ4v) is 2.73. The number of methoxy groups -OCH3 is 1. The Morgan fingerprint density at radius 1 is 1.07 bits per heavy atom. The molecule has 7 nitrogen and oxygen atoms in total. The Bertz CT molecular complexity index is 937. The summed E-state index contributed by atoms with van der Waals surface area (Å²) in [6, 6.07) is 16.8. The van der Waals surface area contributed by atoms with Gasteiger partial charge in [0.1, 0.15) is 12.3 Å². The highest BCUT2D eigenvalue weighted by Gasteiger charge is 2.10. The zero-order valence-electron chi connectivity index (χ0n) is 15.7. The largest absolute Gasteiger partial charge is 0.383 e. The number of ether oxygens (including phenoxy) is 2. The molecule has 2 aromatic carbocycles. The minimum atomic E-state index is -0.233. The van der Waals surface area contributed by atoms with Gasteiger partial charge < -0.3 is 25.1 Å². The van der Waals surface area contributed by atoms with Gasteiger partial charge in [-0.2, -0.15) is 0 Å². The minimum Gasteiger partial charge on any atom is -0.383 e. The Labute approximate surface area is 163 Å². The van der Waals surface area contributed by atoms with Crippen LogP contribution >= 0.6 is 0 Å². The SMILES string of the molecule is COCCNC(=O)c1cc2cc(NC(=O)COCc3ccccc3)ccc2[nH]1. The van der Waals surface area contributed by atoms with Gasteiger partial charge in [-0.15, -0.1) is 0 Å². The number of benzene rings is 2. The van der Waals surface area contributed by atoms with Gasteiger partial charge in [-0.25, -0.2) is 0 Å². The molecule has 3 aromatic rings. The normalized spacial score (nSPS) is 10.8. The fraction of sp³-hybridized carbons (Fsp3) is 0.238. The van der Waals surface area contributed by atoms with E-state index in [9.17, 15) is 9.59 Å². The van der Waals surface area contributed by atoms with Gasteiger partial charge in [-0.1, -0.05) is 30.3 Å². The Balaban J connectivity index is 1.54. The van der Waals surface area contributed by atoms with Crippen molar-refractivity contribution in [3.63, 3.8) is 0 Å². The molecule has 3 rings (SSSR count). The lowest BCUT2D eigenvalue weighted by atomic mass is 10.2. The summed E-state index contributed by atoms with van der Waals surface area (Å²) >= 11 is 0. The number of aromatic amines is 1. The number of rotatable bonds is 9. The third kappa shape index (κ3) is 5.42. The van der Waals surface area contributed by atoms with Gasteiger partial charge in [0.15, 0.2) is 0 Å². The number of fused-ring (bicyclic) bond motifs is 1. The van der Waals surface area contributed by atoms with Crippen LogP contribution in [0.1, 0.15) is 16.1 Å². The maximum absolute atomic E-state index is 12.1. The van der Waals surface area contributed by atoms with Gasteiger partial charge in [0.25, 0.3) is 5.91 Å². The van der Waals surface area contributed by atoms with Crippen molar-refractivity contribution in [2.24, 2.45) is 0 Å². The smallest absolute Gasteiger partial charge is 0.267 e. The maximum atomic E-state index is 12.1.